The molecule has 8 nitrogen and oxygen atoms in total. The molecule has 3 unspecified atom stereocenters. The van der Waals surface area contributed by atoms with Gasteiger partial charge in [0.2, 0.25) is 5.91 Å². The van der Waals surface area contributed by atoms with Crippen LogP contribution < -0.4 is 10.6 Å². The molecule has 0 aromatic heterocycles. The normalized spacial score (nSPS) is 14.0. The molecule has 0 heterocycles. The van der Waals surface area contributed by atoms with E-state index in [2.05, 4.69) is 31.4 Å². The van der Waals surface area contributed by atoms with E-state index in [0.717, 1.165) is 32.2 Å². The molecule has 0 aliphatic heterocycles. The fourth-order valence-electron chi connectivity index (χ4n) is 3.24. The van der Waals surface area contributed by atoms with Crippen LogP contribution in [-0.4, -0.2) is 97.3 Å². The topological polar surface area (TPSA) is 87.3 Å². The number of unbranched alkanes of at least 4 members (excludes halogenated alkanes) is 4. The van der Waals surface area contributed by atoms with E-state index in [-0.39, 0.29) is 25.0 Å². The van der Waals surface area contributed by atoms with Gasteiger partial charge in [-0.25, -0.2) is 4.39 Å². The van der Waals surface area contributed by atoms with Crippen molar-refractivity contribution in [2.24, 2.45) is 5.92 Å². The molecule has 0 aliphatic carbocycles. The third kappa shape index (κ3) is 24.8. The van der Waals surface area contributed by atoms with Crippen LogP contribution in [0.5, 0.6) is 0 Å². The highest BCUT2D eigenvalue weighted by Crippen LogP contribution is 2.11. The second-order valence-electron chi connectivity index (χ2n) is 9.23. The minimum absolute atomic E-state index is 0.0165. The van der Waals surface area contributed by atoms with E-state index in [9.17, 15) is 9.18 Å². The molecule has 2 N–H and O–H groups in total. The molecule has 0 saturated carbocycles. The van der Waals surface area contributed by atoms with E-state index in [1.165, 1.54) is 19.3 Å². The van der Waals surface area contributed by atoms with Gasteiger partial charge in [-0.2, -0.15) is 0 Å². The number of halogens is 1. The van der Waals surface area contributed by atoms with Crippen LogP contribution in [0.1, 0.15) is 72.6 Å². The molecule has 0 bridgehead atoms. The molecule has 0 aromatic carbocycles. The van der Waals surface area contributed by atoms with Crippen LogP contribution in [0.4, 0.5) is 4.39 Å². The summed E-state index contributed by atoms with van der Waals surface area (Å²) in [5.74, 6) is -0.164. The first-order chi connectivity index (χ1) is 17.5. The zero-order valence-electron chi connectivity index (χ0n) is 23.5. The number of carbonyl (C=O) groups excluding carboxylic acids is 1. The quantitative estimate of drug-likeness (QED) is 0.151. The number of hydrogen-bond acceptors (Lipinski definition) is 7. The lowest BCUT2D eigenvalue weighted by atomic mass is 10.0. The number of ether oxygens (including phenoxy) is 5. The lowest BCUT2D eigenvalue weighted by molar-refractivity contribution is -0.125. The molecule has 36 heavy (non-hydrogen) atoms. The molecule has 0 aliphatic rings. The Hall–Kier alpha value is -0.840. The second kappa shape index (κ2) is 27.2. The van der Waals surface area contributed by atoms with Crippen LogP contribution in [0.25, 0.3) is 0 Å². The number of rotatable bonds is 28. The van der Waals surface area contributed by atoms with Gasteiger partial charge in [0, 0.05) is 18.5 Å². The molecule has 0 saturated heterocycles. The molecular weight excluding hydrogens is 467 g/mol. The van der Waals surface area contributed by atoms with Gasteiger partial charge in [-0.15, -0.1) is 0 Å². The lowest BCUT2D eigenvalue weighted by Gasteiger charge is -2.14. The molecule has 0 radical (unpaired) electrons. The number of alkyl halides is 1. The van der Waals surface area contributed by atoms with E-state index >= 15 is 0 Å². The molecule has 1 amide bonds. The van der Waals surface area contributed by atoms with Crippen LogP contribution in [-0.2, 0) is 28.5 Å². The van der Waals surface area contributed by atoms with Gasteiger partial charge >= 0.3 is 0 Å². The van der Waals surface area contributed by atoms with Crippen LogP contribution >= 0.6 is 0 Å². The van der Waals surface area contributed by atoms with Gasteiger partial charge in [-0.3, -0.25) is 4.79 Å². The monoisotopic (exact) mass is 522 g/mol. The van der Waals surface area contributed by atoms with Gasteiger partial charge in [0.15, 0.2) is 0 Å². The van der Waals surface area contributed by atoms with Crippen LogP contribution in [0, 0.1) is 5.92 Å². The first-order valence-corrected chi connectivity index (χ1v) is 14.0. The first-order valence-electron chi connectivity index (χ1n) is 14.0. The lowest BCUT2D eigenvalue weighted by Crippen LogP contribution is -2.35. The van der Waals surface area contributed by atoms with Gasteiger partial charge in [0.05, 0.1) is 72.6 Å². The Morgan fingerprint density at radius 3 is 1.83 bits per heavy atom. The minimum Gasteiger partial charge on any atom is -0.378 e. The van der Waals surface area contributed by atoms with Crippen LogP contribution in [0.2, 0.25) is 0 Å². The Kier molecular flexibility index (Phi) is 26.6. The third-order valence-corrected chi connectivity index (χ3v) is 5.82. The summed E-state index contributed by atoms with van der Waals surface area (Å²) in [6.45, 7) is 13.6. The summed E-state index contributed by atoms with van der Waals surface area (Å²) >= 11 is 0. The Balaban J connectivity index is 3.34. The maximum absolute atomic E-state index is 13.9. The molecule has 0 fully saturated rings. The molecule has 9 heteroatoms. The summed E-state index contributed by atoms with van der Waals surface area (Å²) in [6.07, 6.45) is 6.61. The zero-order chi connectivity index (χ0) is 26.7. The van der Waals surface area contributed by atoms with Crippen molar-refractivity contribution in [2.75, 3.05) is 79.2 Å². The van der Waals surface area contributed by atoms with E-state index in [0.29, 0.717) is 65.5 Å². The standard InChI is InChI=1S/C27H55FN2O6/c1-5-7-8-9-10-11-24(3)27(31)30-22-26(28)23-36-21-20-35-19-18-34-17-16-33-15-14-32-13-12-29-25(4)6-2/h24-26,29H,5-23H2,1-4H3,(H,30,31). The van der Waals surface area contributed by atoms with Crippen molar-refractivity contribution in [3.63, 3.8) is 0 Å². The minimum atomic E-state index is -1.22. The SMILES string of the molecule is CCCCCCCC(C)C(=O)NCC(F)COCCOCCOCCOCCOCCNC(C)CC. The number of amides is 1. The fraction of sp³-hybridized carbons (Fsp3) is 0.963. The van der Waals surface area contributed by atoms with Crippen molar-refractivity contribution in [1.29, 1.82) is 0 Å². The predicted molar refractivity (Wildman–Crippen MR) is 142 cm³/mol. The second-order valence-corrected chi connectivity index (χ2v) is 9.23. The Labute approximate surface area is 219 Å². The van der Waals surface area contributed by atoms with Crippen LogP contribution in [0.3, 0.4) is 0 Å². The van der Waals surface area contributed by atoms with Crippen molar-refractivity contribution in [2.45, 2.75) is 84.9 Å². The summed E-state index contributed by atoms with van der Waals surface area (Å²) in [5, 5.41) is 6.05. The van der Waals surface area contributed by atoms with Gasteiger partial charge in [0.25, 0.3) is 0 Å². The fourth-order valence-corrected chi connectivity index (χ4v) is 3.24. The summed E-state index contributed by atoms with van der Waals surface area (Å²) in [4.78, 5) is 12.1. The Morgan fingerprint density at radius 2 is 1.28 bits per heavy atom. The van der Waals surface area contributed by atoms with E-state index < -0.39 is 6.17 Å². The number of hydrogen-bond donors (Lipinski definition) is 2. The van der Waals surface area contributed by atoms with E-state index in [4.69, 9.17) is 23.7 Å². The third-order valence-electron chi connectivity index (χ3n) is 5.82. The summed E-state index contributed by atoms with van der Waals surface area (Å²) in [6, 6.07) is 0.523. The Bertz CT molecular complexity index is 476. The van der Waals surface area contributed by atoms with Gasteiger partial charge in [0.1, 0.15) is 6.17 Å². The smallest absolute Gasteiger partial charge is 0.222 e. The number of carbonyl (C=O) groups is 1. The maximum Gasteiger partial charge on any atom is 0.222 e. The van der Waals surface area contributed by atoms with Gasteiger partial charge in [-0.1, -0.05) is 52.9 Å². The van der Waals surface area contributed by atoms with E-state index in [1.54, 1.807) is 0 Å². The molecular formula is C27H55FN2O6. The number of nitrogens with one attached hydrogen (secondary N) is 2. The van der Waals surface area contributed by atoms with Crippen molar-refractivity contribution in [3.05, 3.63) is 0 Å². The predicted octanol–water partition coefficient (Wildman–Crippen LogP) is 3.91. The van der Waals surface area contributed by atoms with Crippen molar-refractivity contribution in [1.82, 2.24) is 10.6 Å². The molecule has 0 aromatic rings. The summed E-state index contributed by atoms with van der Waals surface area (Å²) < 4.78 is 41.0. The summed E-state index contributed by atoms with van der Waals surface area (Å²) in [5.41, 5.74) is 0. The molecule has 3 atom stereocenters. The van der Waals surface area contributed by atoms with E-state index in [1.807, 2.05) is 6.92 Å². The van der Waals surface area contributed by atoms with Crippen molar-refractivity contribution < 1.29 is 32.9 Å². The highest BCUT2D eigenvalue weighted by molar-refractivity contribution is 5.78. The maximum atomic E-state index is 13.9. The highest BCUT2D eigenvalue weighted by atomic mass is 19.1. The summed E-state index contributed by atoms with van der Waals surface area (Å²) in [7, 11) is 0. The van der Waals surface area contributed by atoms with Crippen molar-refractivity contribution >= 4 is 5.91 Å². The molecule has 0 spiro atoms. The average Bonchev–Trinajstić information content (AvgIpc) is 2.88. The average molecular weight is 523 g/mol. The molecule has 216 valence electrons. The zero-order valence-corrected chi connectivity index (χ0v) is 23.5. The molecule has 0 rings (SSSR count). The largest absolute Gasteiger partial charge is 0.378 e. The van der Waals surface area contributed by atoms with Crippen molar-refractivity contribution in [3.8, 4) is 0 Å². The van der Waals surface area contributed by atoms with Crippen LogP contribution in [0.15, 0.2) is 0 Å². The van der Waals surface area contributed by atoms with Gasteiger partial charge in [-0.05, 0) is 19.8 Å². The van der Waals surface area contributed by atoms with Gasteiger partial charge < -0.3 is 34.3 Å². The Morgan fingerprint density at radius 1 is 0.750 bits per heavy atom. The highest BCUT2D eigenvalue weighted by Gasteiger charge is 2.14. The first kappa shape index (κ1) is 35.2.